The van der Waals surface area contributed by atoms with E-state index >= 15 is 0 Å². The largest absolute Gasteiger partial charge is 0.417 e. The third-order valence-corrected chi connectivity index (χ3v) is 4.80. The van der Waals surface area contributed by atoms with E-state index in [1.807, 2.05) is 13.8 Å². The molecule has 0 saturated carbocycles. The first kappa shape index (κ1) is 17.7. The molecule has 132 valence electrons. The zero-order valence-corrected chi connectivity index (χ0v) is 14.5. The zero-order chi connectivity index (χ0) is 18.2. The molecule has 0 bridgehead atoms. The first-order valence-electron chi connectivity index (χ1n) is 7.76. The Morgan fingerprint density at radius 3 is 2.52 bits per heavy atom. The summed E-state index contributed by atoms with van der Waals surface area (Å²) in [4.78, 5) is 6.75. The summed E-state index contributed by atoms with van der Waals surface area (Å²) in [5.74, 6) is 0.0720. The maximum absolute atomic E-state index is 13.5. The van der Waals surface area contributed by atoms with Crippen molar-refractivity contribution in [1.82, 2.24) is 4.98 Å². The van der Waals surface area contributed by atoms with Crippen LogP contribution < -0.4 is 4.90 Å². The molecule has 0 spiro atoms. The number of ether oxygens (including phenoxy) is 1. The van der Waals surface area contributed by atoms with E-state index in [0.29, 0.717) is 18.0 Å². The van der Waals surface area contributed by atoms with E-state index in [4.69, 9.17) is 4.74 Å². The van der Waals surface area contributed by atoms with Crippen LogP contribution in [0.2, 0.25) is 0 Å². The third kappa shape index (κ3) is 3.62. The van der Waals surface area contributed by atoms with E-state index in [2.05, 4.69) is 4.98 Å². The van der Waals surface area contributed by atoms with Crippen molar-refractivity contribution in [2.75, 3.05) is 18.0 Å². The highest BCUT2D eigenvalue weighted by Gasteiger charge is 2.38. The summed E-state index contributed by atoms with van der Waals surface area (Å²) in [5.41, 5.74) is -1.16. The van der Waals surface area contributed by atoms with Gasteiger partial charge in [0, 0.05) is 13.1 Å². The quantitative estimate of drug-likeness (QED) is 0.793. The summed E-state index contributed by atoms with van der Waals surface area (Å²) < 4.78 is 46.3. The lowest BCUT2D eigenvalue weighted by Crippen LogP contribution is -2.46. The molecular formula is C17H16F3N3OS. The van der Waals surface area contributed by atoms with Crippen molar-refractivity contribution in [2.24, 2.45) is 0 Å². The second-order valence-electron chi connectivity index (χ2n) is 6.00. The number of halogens is 3. The van der Waals surface area contributed by atoms with Gasteiger partial charge in [0.25, 0.3) is 0 Å². The Kier molecular flexibility index (Phi) is 4.71. The van der Waals surface area contributed by atoms with Crippen LogP contribution >= 0.6 is 11.3 Å². The maximum Gasteiger partial charge on any atom is 0.417 e. The van der Waals surface area contributed by atoms with Crippen molar-refractivity contribution < 1.29 is 17.9 Å². The van der Waals surface area contributed by atoms with Gasteiger partial charge in [0.15, 0.2) is 0 Å². The number of rotatable bonds is 2. The van der Waals surface area contributed by atoms with Crippen molar-refractivity contribution in [2.45, 2.75) is 32.2 Å². The van der Waals surface area contributed by atoms with Gasteiger partial charge in [-0.15, -0.1) is 11.3 Å². The number of hydrogen-bond acceptors (Lipinski definition) is 5. The van der Waals surface area contributed by atoms with Crippen LogP contribution in [0.5, 0.6) is 0 Å². The lowest BCUT2D eigenvalue weighted by Gasteiger charge is -2.36. The van der Waals surface area contributed by atoms with Crippen molar-refractivity contribution >= 4 is 17.2 Å². The fourth-order valence-corrected chi connectivity index (χ4v) is 3.68. The Balaban J connectivity index is 2.18. The number of morpholine rings is 1. The van der Waals surface area contributed by atoms with Crippen LogP contribution in [0.4, 0.5) is 19.0 Å². The number of alkyl halides is 3. The number of aromatic nitrogens is 1. The third-order valence-electron chi connectivity index (χ3n) is 3.91. The minimum atomic E-state index is -4.63. The minimum Gasteiger partial charge on any atom is -0.372 e. The second-order valence-corrected chi connectivity index (χ2v) is 6.95. The highest BCUT2D eigenvalue weighted by Crippen LogP contribution is 2.39. The molecule has 25 heavy (non-hydrogen) atoms. The lowest BCUT2D eigenvalue weighted by atomic mass is 10.1. The number of hydrogen-bond donors (Lipinski definition) is 0. The van der Waals surface area contributed by atoms with Crippen molar-refractivity contribution in [3.05, 3.63) is 34.7 Å². The molecule has 0 radical (unpaired) electrons. The maximum atomic E-state index is 13.5. The topological polar surface area (TPSA) is 49.2 Å². The molecule has 2 unspecified atom stereocenters. The summed E-state index contributed by atoms with van der Waals surface area (Å²) in [7, 11) is 0. The van der Waals surface area contributed by atoms with Gasteiger partial charge in [-0.25, -0.2) is 4.98 Å². The molecule has 1 saturated heterocycles. The van der Waals surface area contributed by atoms with Gasteiger partial charge in [-0.3, -0.25) is 0 Å². The van der Waals surface area contributed by atoms with Crippen LogP contribution in [0.3, 0.4) is 0 Å². The van der Waals surface area contributed by atoms with Gasteiger partial charge in [0.1, 0.15) is 17.5 Å². The van der Waals surface area contributed by atoms with Crippen molar-refractivity contribution in [3.8, 4) is 16.6 Å². The summed E-state index contributed by atoms with van der Waals surface area (Å²) in [6.45, 7) is 4.47. The van der Waals surface area contributed by atoms with Crippen LogP contribution in [0, 0.1) is 11.3 Å². The molecule has 8 heteroatoms. The number of nitrogens with zero attached hydrogens (tertiary/aromatic N) is 3. The van der Waals surface area contributed by atoms with Gasteiger partial charge in [-0.05, 0) is 31.4 Å². The molecule has 2 aromatic heterocycles. The Labute approximate surface area is 147 Å². The van der Waals surface area contributed by atoms with E-state index in [-0.39, 0.29) is 23.7 Å². The Morgan fingerprint density at radius 2 is 2.00 bits per heavy atom. The SMILES string of the molecule is CC1CN(c2nc(-c3cccs3)cc(C(F)(F)F)c2C#N)CC(C)O1. The average Bonchev–Trinajstić information content (AvgIpc) is 3.06. The minimum absolute atomic E-state index is 0.0720. The average molecular weight is 367 g/mol. The lowest BCUT2D eigenvalue weighted by molar-refractivity contribution is -0.137. The zero-order valence-electron chi connectivity index (χ0n) is 13.7. The van der Waals surface area contributed by atoms with Gasteiger partial charge in [-0.2, -0.15) is 18.4 Å². The molecule has 0 N–H and O–H groups in total. The van der Waals surface area contributed by atoms with E-state index in [1.54, 1.807) is 28.5 Å². The fourth-order valence-electron chi connectivity index (χ4n) is 3.00. The number of anilines is 1. The molecule has 1 fully saturated rings. The summed E-state index contributed by atoms with van der Waals surface area (Å²) in [6.07, 6.45) is -4.94. The van der Waals surface area contributed by atoms with E-state index in [0.717, 1.165) is 6.07 Å². The van der Waals surface area contributed by atoms with Gasteiger partial charge in [0.2, 0.25) is 0 Å². The molecule has 0 aliphatic carbocycles. The number of pyridine rings is 1. The Bertz CT molecular complexity index is 789. The normalized spacial score (nSPS) is 21.2. The fraction of sp³-hybridized carbons (Fsp3) is 0.412. The van der Waals surface area contributed by atoms with Gasteiger partial charge >= 0.3 is 6.18 Å². The van der Waals surface area contributed by atoms with E-state index < -0.39 is 17.3 Å². The molecule has 1 aliphatic rings. The first-order valence-corrected chi connectivity index (χ1v) is 8.64. The Hall–Kier alpha value is -2.11. The highest BCUT2D eigenvalue weighted by atomic mass is 32.1. The Morgan fingerprint density at radius 1 is 1.32 bits per heavy atom. The monoisotopic (exact) mass is 367 g/mol. The van der Waals surface area contributed by atoms with Crippen LogP contribution in [0.1, 0.15) is 25.0 Å². The number of thiophene rings is 1. The molecule has 0 amide bonds. The molecular weight excluding hydrogens is 351 g/mol. The van der Waals surface area contributed by atoms with Crippen molar-refractivity contribution in [3.63, 3.8) is 0 Å². The van der Waals surface area contributed by atoms with E-state index in [9.17, 15) is 18.4 Å². The molecule has 2 aromatic rings. The molecule has 1 aliphatic heterocycles. The van der Waals surface area contributed by atoms with Crippen LogP contribution in [-0.2, 0) is 10.9 Å². The molecule has 4 nitrogen and oxygen atoms in total. The second kappa shape index (κ2) is 6.65. The highest BCUT2D eigenvalue weighted by molar-refractivity contribution is 7.13. The molecule has 3 rings (SSSR count). The molecule has 0 aromatic carbocycles. The van der Waals surface area contributed by atoms with Crippen LogP contribution in [-0.4, -0.2) is 30.3 Å². The van der Waals surface area contributed by atoms with Gasteiger partial charge < -0.3 is 9.64 Å². The van der Waals surface area contributed by atoms with Crippen LogP contribution in [0.15, 0.2) is 23.6 Å². The summed E-state index contributed by atoms with van der Waals surface area (Å²) >= 11 is 1.31. The van der Waals surface area contributed by atoms with Gasteiger partial charge in [0.05, 0.1) is 28.3 Å². The first-order chi connectivity index (χ1) is 11.8. The predicted molar refractivity (Wildman–Crippen MR) is 89.5 cm³/mol. The number of nitriles is 1. The predicted octanol–water partition coefficient (Wildman–Crippen LogP) is 4.31. The van der Waals surface area contributed by atoms with Crippen LogP contribution in [0.25, 0.3) is 10.6 Å². The molecule has 3 heterocycles. The summed E-state index contributed by atoms with van der Waals surface area (Å²) in [6, 6.07) is 6.14. The summed E-state index contributed by atoms with van der Waals surface area (Å²) in [5, 5.41) is 11.2. The molecule has 2 atom stereocenters. The standard InChI is InChI=1S/C17H16F3N3OS/c1-10-8-23(9-11(2)24-10)16-12(7-21)13(17(18,19)20)6-14(22-16)15-4-3-5-25-15/h3-6,10-11H,8-9H2,1-2H3. The van der Waals surface area contributed by atoms with E-state index in [1.165, 1.54) is 11.3 Å². The smallest absolute Gasteiger partial charge is 0.372 e. The van der Waals surface area contributed by atoms with Gasteiger partial charge in [-0.1, -0.05) is 6.07 Å². The van der Waals surface area contributed by atoms with Crippen molar-refractivity contribution in [1.29, 1.82) is 5.26 Å².